The van der Waals surface area contributed by atoms with Crippen molar-refractivity contribution in [2.45, 2.75) is 25.7 Å². The zero-order valence-electron chi connectivity index (χ0n) is 14.7. The molecule has 5 nitrogen and oxygen atoms in total. The van der Waals surface area contributed by atoms with Gasteiger partial charge >= 0.3 is 0 Å². The first-order valence-electron chi connectivity index (χ1n) is 8.08. The van der Waals surface area contributed by atoms with Crippen molar-refractivity contribution in [1.29, 1.82) is 0 Å². The van der Waals surface area contributed by atoms with E-state index in [9.17, 15) is 17.6 Å². The third-order valence-corrected chi connectivity index (χ3v) is 6.47. The van der Waals surface area contributed by atoms with E-state index in [-0.39, 0.29) is 21.2 Å². The summed E-state index contributed by atoms with van der Waals surface area (Å²) in [5.74, 6) is -1.50. The Labute approximate surface area is 157 Å². The molecule has 0 saturated carbocycles. The number of aryl methyl sites for hydroxylation is 1. The summed E-state index contributed by atoms with van der Waals surface area (Å²) < 4.78 is 40.7. The van der Waals surface area contributed by atoms with Gasteiger partial charge in [-0.25, -0.2) is 12.8 Å². The number of anilines is 1. The number of carbonyl (C=O) groups excluding carboxylic acids is 1. The highest BCUT2D eigenvalue weighted by Crippen LogP contribution is 2.25. The van der Waals surface area contributed by atoms with Crippen LogP contribution >= 0.6 is 11.6 Å². The monoisotopic (exact) mass is 398 g/mol. The van der Waals surface area contributed by atoms with E-state index in [1.807, 2.05) is 0 Å². The first-order chi connectivity index (χ1) is 12.2. The molecule has 8 heteroatoms. The van der Waals surface area contributed by atoms with Gasteiger partial charge in [0.2, 0.25) is 10.0 Å². The second kappa shape index (κ2) is 8.16. The van der Waals surface area contributed by atoms with Crippen molar-refractivity contribution in [2.24, 2.45) is 0 Å². The number of rotatable bonds is 6. The van der Waals surface area contributed by atoms with Crippen molar-refractivity contribution >= 4 is 33.2 Å². The average Bonchev–Trinajstić information content (AvgIpc) is 2.57. The first-order valence-corrected chi connectivity index (χ1v) is 9.90. The quantitative estimate of drug-likeness (QED) is 0.797. The predicted octanol–water partition coefficient (Wildman–Crippen LogP) is 4.07. The van der Waals surface area contributed by atoms with Crippen LogP contribution in [0.2, 0.25) is 5.02 Å². The summed E-state index contributed by atoms with van der Waals surface area (Å²) >= 11 is 5.90. The fourth-order valence-corrected chi connectivity index (χ4v) is 4.52. The molecule has 0 aliphatic carbocycles. The lowest BCUT2D eigenvalue weighted by molar-refractivity contribution is 0.102. The molecule has 0 aromatic heterocycles. The summed E-state index contributed by atoms with van der Waals surface area (Å²) in [4.78, 5) is 12.4. The Morgan fingerprint density at radius 3 is 2.42 bits per heavy atom. The van der Waals surface area contributed by atoms with Crippen LogP contribution in [0, 0.1) is 12.7 Å². The van der Waals surface area contributed by atoms with Crippen molar-refractivity contribution in [3.05, 3.63) is 58.4 Å². The van der Waals surface area contributed by atoms with Crippen LogP contribution in [0.15, 0.2) is 41.3 Å². The average molecular weight is 399 g/mol. The Bertz CT molecular complexity index is 908. The van der Waals surface area contributed by atoms with Gasteiger partial charge in [-0.1, -0.05) is 37.6 Å². The number of nitrogens with one attached hydrogen (secondary N) is 1. The lowest BCUT2D eigenvalue weighted by atomic mass is 10.1. The van der Waals surface area contributed by atoms with E-state index >= 15 is 0 Å². The molecular weight excluding hydrogens is 379 g/mol. The number of hydrogen-bond donors (Lipinski definition) is 1. The SMILES string of the molecule is CCN(CC)S(=O)(=O)c1cc(NC(=O)c2c(F)cccc2Cl)ccc1C. The molecule has 0 fully saturated rings. The summed E-state index contributed by atoms with van der Waals surface area (Å²) in [6, 6.07) is 8.46. The number of nitrogens with zero attached hydrogens (tertiary/aromatic N) is 1. The van der Waals surface area contributed by atoms with Gasteiger partial charge in [-0.3, -0.25) is 4.79 Å². The molecule has 26 heavy (non-hydrogen) atoms. The van der Waals surface area contributed by atoms with Crippen LogP contribution in [0.4, 0.5) is 10.1 Å². The minimum atomic E-state index is -3.69. The van der Waals surface area contributed by atoms with Gasteiger partial charge in [-0.05, 0) is 36.8 Å². The van der Waals surface area contributed by atoms with Crippen molar-refractivity contribution in [3.63, 3.8) is 0 Å². The van der Waals surface area contributed by atoms with Crippen LogP contribution in [-0.4, -0.2) is 31.7 Å². The molecule has 0 spiro atoms. The molecule has 0 bridgehead atoms. The van der Waals surface area contributed by atoms with Gasteiger partial charge in [0.05, 0.1) is 15.5 Å². The molecule has 2 rings (SSSR count). The van der Waals surface area contributed by atoms with E-state index in [0.29, 0.717) is 18.7 Å². The lowest BCUT2D eigenvalue weighted by Crippen LogP contribution is -2.31. The summed E-state index contributed by atoms with van der Waals surface area (Å²) in [6.45, 7) is 5.85. The molecule has 1 amide bonds. The minimum absolute atomic E-state index is 0.0226. The van der Waals surface area contributed by atoms with Gasteiger partial charge in [-0.2, -0.15) is 4.31 Å². The zero-order valence-corrected chi connectivity index (χ0v) is 16.3. The van der Waals surface area contributed by atoms with Crippen LogP contribution in [-0.2, 0) is 10.0 Å². The van der Waals surface area contributed by atoms with E-state index in [2.05, 4.69) is 5.32 Å². The van der Waals surface area contributed by atoms with Crippen molar-refractivity contribution in [2.75, 3.05) is 18.4 Å². The minimum Gasteiger partial charge on any atom is -0.322 e. The van der Waals surface area contributed by atoms with E-state index in [1.165, 1.54) is 22.5 Å². The Hall–Kier alpha value is -1.96. The normalized spacial score (nSPS) is 11.6. The molecule has 0 atom stereocenters. The Morgan fingerprint density at radius 1 is 1.19 bits per heavy atom. The fourth-order valence-electron chi connectivity index (χ4n) is 2.57. The standard InChI is InChI=1S/C18H20ClFN2O3S/c1-4-22(5-2)26(24,25)16-11-13(10-9-12(16)3)21-18(23)17-14(19)7-6-8-15(17)20/h6-11H,4-5H2,1-3H3,(H,21,23). The van der Waals surface area contributed by atoms with Crippen LogP contribution < -0.4 is 5.32 Å². The van der Waals surface area contributed by atoms with E-state index in [0.717, 1.165) is 6.07 Å². The number of sulfonamides is 1. The Balaban J connectivity index is 2.40. The summed E-state index contributed by atoms with van der Waals surface area (Å²) in [6.07, 6.45) is 0. The maximum atomic E-state index is 13.9. The fraction of sp³-hybridized carbons (Fsp3) is 0.278. The van der Waals surface area contributed by atoms with Crippen LogP contribution in [0.5, 0.6) is 0 Å². The highest BCUT2D eigenvalue weighted by molar-refractivity contribution is 7.89. The molecule has 1 N–H and O–H groups in total. The lowest BCUT2D eigenvalue weighted by Gasteiger charge is -2.20. The van der Waals surface area contributed by atoms with E-state index in [1.54, 1.807) is 32.9 Å². The van der Waals surface area contributed by atoms with Crippen molar-refractivity contribution in [3.8, 4) is 0 Å². The molecule has 140 valence electrons. The zero-order chi connectivity index (χ0) is 19.5. The molecule has 2 aromatic carbocycles. The highest BCUT2D eigenvalue weighted by Gasteiger charge is 2.24. The van der Waals surface area contributed by atoms with Crippen LogP contribution in [0.25, 0.3) is 0 Å². The van der Waals surface area contributed by atoms with Gasteiger partial charge in [-0.15, -0.1) is 0 Å². The molecular formula is C18H20ClFN2O3S. The van der Waals surface area contributed by atoms with Gasteiger partial charge in [0.25, 0.3) is 5.91 Å². The topological polar surface area (TPSA) is 66.5 Å². The highest BCUT2D eigenvalue weighted by atomic mass is 35.5. The Morgan fingerprint density at radius 2 is 1.85 bits per heavy atom. The second-order valence-corrected chi connectivity index (χ2v) is 7.93. The van der Waals surface area contributed by atoms with E-state index in [4.69, 9.17) is 11.6 Å². The number of hydrogen-bond acceptors (Lipinski definition) is 3. The molecule has 0 saturated heterocycles. The predicted molar refractivity (Wildman–Crippen MR) is 101 cm³/mol. The number of carbonyl (C=O) groups is 1. The molecule has 0 heterocycles. The molecule has 2 aromatic rings. The van der Waals surface area contributed by atoms with E-state index < -0.39 is 21.7 Å². The maximum Gasteiger partial charge on any atom is 0.260 e. The third-order valence-electron chi connectivity index (χ3n) is 3.96. The van der Waals surface area contributed by atoms with Gasteiger partial charge in [0, 0.05) is 18.8 Å². The number of benzene rings is 2. The van der Waals surface area contributed by atoms with Crippen LogP contribution in [0.1, 0.15) is 29.8 Å². The summed E-state index contributed by atoms with van der Waals surface area (Å²) in [5.41, 5.74) is 0.507. The number of halogens is 2. The summed E-state index contributed by atoms with van der Waals surface area (Å²) in [7, 11) is -3.69. The number of amides is 1. The Kier molecular flexibility index (Phi) is 6.39. The maximum absolute atomic E-state index is 13.9. The van der Waals surface area contributed by atoms with Gasteiger partial charge in [0.1, 0.15) is 5.82 Å². The van der Waals surface area contributed by atoms with Crippen molar-refractivity contribution in [1.82, 2.24) is 4.31 Å². The smallest absolute Gasteiger partial charge is 0.260 e. The van der Waals surface area contributed by atoms with Crippen LogP contribution in [0.3, 0.4) is 0 Å². The molecule has 0 unspecified atom stereocenters. The summed E-state index contributed by atoms with van der Waals surface area (Å²) in [5, 5.41) is 2.49. The molecule has 0 radical (unpaired) electrons. The van der Waals surface area contributed by atoms with Gasteiger partial charge in [0.15, 0.2) is 0 Å². The molecule has 0 aliphatic heterocycles. The largest absolute Gasteiger partial charge is 0.322 e. The first kappa shape index (κ1) is 20.4. The van der Waals surface area contributed by atoms with Gasteiger partial charge < -0.3 is 5.32 Å². The second-order valence-electron chi connectivity index (χ2n) is 5.62. The third kappa shape index (κ3) is 4.06. The van der Waals surface area contributed by atoms with Crippen molar-refractivity contribution < 1.29 is 17.6 Å². The molecule has 0 aliphatic rings.